The molecule has 0 saturated heterocycles. The van der Waals surface area contributed by atoms with E-state index < -0.39 is 23.7 Å². The fourth-order valence-electron chi connectivity index (χ4n) is 1.51. The van der Waals surface area contributed by atoms with Gasteiger partial charge in [-0.25, -0.2) is 0 Å². The van der Waals surface area contributed by atoms with Gasteiger partial charge in [-0.15, -0.1) is 0 Å². The highest BCUT2D eigenvalue weighted by Gasteiger charge is 2.32. The number of rotatable bonds is 5. The Hall–Kier alpha value is -1.92. The second-order valence-corrected chi connectivity index (χ2v) is 3.60. The molecule has 2 atom stereocenters. The average molecular weight is 238 g/mol. The Bertz CT molecular complexity index is 416. The van der Waals surface area contributed by atoms with Crippen LogP contribution >= 0.6 is 0 Å². The maximum absolute atomic E-state index is 11.4. The van der Waals surface area contributed by atoms with E-state index in [2.05, 4.69) is 0 Å². The van der Waals surface area contributed by atoms with Gasteiger partial charge in [-0.05, 0) is 17.7 Å². The standard InChI is InChI=1S/C11H14N2O4/c12-5-8(15)9(11(16)17)10(13)6-1-3-7(14)4-2-6/h1-4,9-10,14H,5,12-13H2,(H,16,17). The minimum atomic E-state index is -1.37. The molecule has 0 spiro atoms. The maximum atomic E-state index is 11.4. The third kappa shape index (κ3) is 3.02. The van der Waals surface area contributed by atoms with Crippen LogP contribution in [0.5, 0.6) is 5.75 Å². The number of benzene rings is 1. The van der Waals surface area contributed by atoms with Crippen molar-refractivity contribution in [2.45, 2.75) is 6.04 Å². The van der Waals surface area contributed by atoms with Crippen molar-refractivity contribution in [2.75, 3.05) is 6.54 Å². The van der Waals surface area contributed by atoms with E-state index in [1.54, 1.807) is 0 Å². The summed E-state index contributed by atoms with van der Waals surface area (Å²) in [5, 5.41) is 18.1. The second-order valence-electron chi connectivity index (χ2n) is 3.60. The van der Waals surface area contributed by atoms with Gasteiger partial charge in [-0.3, -0.25) is 9.59 Å². The van der Waals surface area contributed by atoms with E-state index in [-0.39, 0.29) is 12.3 Å². The molecule has 0 aliphatic heterocycles. The van der Waals surface area contributed by atoms with Gasteiger partial charge in [0.2, 0.25) is 0 Å². The molecule has 6 nitrogen and oxygen atoms in total. The molecule has 2 unspecified atom stereocenters. The zero-order valence-corrected chi connectivity index (χ0v) is 9.04. The predicted molar refractivity (Wildman–Crippen MR) is 60.2 cm³/mol. The van der Waals surface area contributed by atoms with Gasteiger partial charge < -0.3 is 21.7 Å². The summed E-state index contributed by atoms with van der Waals surface area (Å²) in [6.07, 6.45) is 0. The van der Waals surface area contributed by atoms with Gasteiger partial charge in [0.25, 0.3) is 0 Å². The number of phenolic OH excluding ortho intramolecular Hbond substituents is 1. The van der Waals surface area contributed by atoms with E-state index in [1.165, 1.54) is 24.3 Å². The highest BCUT2D eigenvalue weighted by Crippen LogP contribution is 2.22. The van der Waals surface area contributed by atoms with Crippen LogP contribution in [-0.4, -0.2) is 28.5 Å². The van der Waals surface area contributed by atoms with Crippen LogP contribution in [-0.2, 0) is 9.59 Å². The molecule has 0 bridgehead atoms. The van der Waals surface area contributed by atoms with Crippen LogP contribution in [0.3, 0.4) is 0 Å². The number of carbonyl (C=O) groups is 2. The number of hydrogen-bond acceptors (Lipinski definition) is 5. The minimum absolute atomic E-state index is 0.0398. The lowest BCUT2D eigenvalue weighted by Gasteiger charge is -2.18. The smallest absolute Gasteiger partial charge is 0.316 e. The van der Waals surface area contributed by atoms with Crippen molar-refractivity contribution >= 4 is 11.8 Å². The van der Waals surface area contributed by atoms with Crippen LogP contribution in [0.15, 0.2) is 24.3 Å². The summed E-state index contributed by atoms with van der Waals surface area (Å²) in [6, 6.07) is 4.71. The SMILES string of the molecule is NCC(=O)C(C(=O)O)C(N)c1ccc(O)cc1. The number of aromatic hydroxyl groups is 1. The van der Waals surface area contributed by atoms with E-state index in [9.17, 15) is 9.59 Å². The monoisotopic (exact) mass is 238 g/mol. The molecule has 0 aliphatic rings. The van der Waals surface area contributed by atoms with Crippen molar-refractivity contribution in [3.63, 3.8) is 0 Å². The van der Waals surface area contributed by atoms with Crippen LogP contribution in [0.2, 0.25) is 0 Å². The van der Waals surface area contributed by atoms with Crippen LogP contribution in [0.25, 0.3) is 0 Å². The Morgan fingerprint density at radius 1 is 1.24 bits per heavy atom. The van der Waals surface area contributed by atoms with E-state index >= 15 is 0 Å². The molecule has 0 aliphatic carbocycles. The van der Waals surface area contributed by atoms with Gasteiger partial charge in [-0.2, -0.15) is 0 Å². The lowest BCUT2D eigenvalue weighted by molar-refractivity contribution is -0.146. The van der Waals surface area contributed by atoms with E-state index in [1.807, 2.05) is 0 Å². The number of carboxylic acid groups (broad SMARTS) is 1. The van der Waals surface area contributed by atoms with Crippen molar-refractivity contribution in [3.8, 4) is 5.75 Å². The van der Waals surface area contributed by atoms with E-state index in [4.69, 9.17) is 21.7 Å². The van der Waals surface area contributed by atoms with Crippen LogP contribution in [0, 0.1) is 5.92 Å². The molecule has 6 heteroatoms. The summed E-state index contributed by atoms with van der Waals surface area (Å²) >= 11 is 0. The number of ketones is 1. The number of phenols is 1. The molecule has 92 valence electrons. The van der Waals surface area contributed by atoms with Crippen molar-refractivity contribution < 1.29 is 19.8 Å². The van der Waals surface area contributed by atoms with Crippen molar-refractivity contribution in [2.24, 2.45) is 17.4 Å². The fourth-order valence-corrected chi connectivity index (χ4v) is 1.51. The van der Waals surface area contributed by atoms with Crippen LogP contribution in [0.1, 0.15) is 11.6 Å². The Morgan fingerprint density at radius 2 is 1.76 bits per heavy atom. The zero-order valence-electron chi connectivity index (χ0n) is 9.04. The Balaban J connectivity index is 2.99. The lowest BCUT2D eigenvalue weighted by Crippen LogP contribution is -2.38. The second kappa shape index (κ2) is 5.42. The largest absolute Gasteiger partial charge is 0.508 e. The van der Waals surface area contributed by atoms with Crippen molar-refractivity contribution in [1.29, 1.82) is 0 Å². The zero-order chi connectivity index (χ0) is 13.0. The molecule has 0 fully saturated rings. The lowest BCUT2D eigenvalue weighted by atomic mass is 9.90. The topological polar surface area (TPSA) is 127 Å². The predicted octanol–water partition coefficient (Wildman–Crippen LogP) is -0.379. The summed E-state index contributed by atoms with van der Waals surface area (Å²) in [6.45, 7) is -0.372. The average Bonchev–Trinajstić information content (AvgIpc) is 2.29. The van der Waals surface area contributed by atoms with Gasteiger partial charge in [0, 0.05) is 0 Å². The van der Waals surface area contributed by atoms with Gasteiger partial charge >= 0.3 is 5.97 Å². The van der Waals surface area contributed by atoms with E-state index in [0.29, 0.717) is 5.56 Å². The minimum Gasteiger partial charge on any atom is -0.508 e. The molecule has 1 aromatic rings. The highest BCUT2D eigenvalue weighted by molar-refractivity contribution is 6.00. The maximum Gasteiger partial charge on any atom is 0.316 e. The molecule has 0 amide bonds. The van der Waals surface area contributed by atoms with Gasteiger partial charge in [0.15, 0.2) is 5.78 Å². The third-order valence-electron chi connectivity index (χ3n) is 2.45. The number of Topliss-reactive ketones (excluding diaryl/α,β-unsaturated/α-hetero) is 1. The van der Waals surface area contributed by atoms with Crippen molar-refractivity contribution in [1.82, 2.24) is 0 Å². The summed E-state index contributed by atoms with van der Waals surface area (Å²) in [5.74, 6) is -3.26. The molecule has 0 aromatic heterocycles. The molecule has 1 rings (SSSR count). The molecule has 0 radical (unpaired) electrons. The number of carboxylic acids is 1. The summed E-state index contributed by atoms with van der Waals surface area (Å²) in [4.78, 5) is 22.4. The molecular formula is C11H14N2O4. The number of carbonyl (C=O) groups excluding carboxylic acids is 1. The first kappa shape index (κ1) is 13.1. The Morgan fingerprint density at radius 3 is 2.18 bits per heavy atom. The van der Waals surface area contributed by atoms with Gasteiger partial charge in [-0.1, -0.05) is 12.1 Å². The summed E-state index contributed by atoms with van der Waals surface area (Å²) < 4.78 is 0. The van der Waals surface area contributed by atoms with Crippen molar-refractivity contribution in [3.05, 3.63) is 29.8 Å². The molecular weight excluding hydrogens is 224 g/mol. The van der Waals surface area contributed by atoms with E-state index in [0.717, 1.165) is 0 Å². The number of aliphatic carboxylic acids is 1. The van der Waals surface area contributed by atoms with Crippen LogP contribution in [0.4, 0.5) is 0 Å². The summed E-state index contributed by atoms with van der Waals surface area (Å²) in [7, 11) is 0. The first-order valence-corrected chi connectivity index (χ1v) is 4.97. The molecule has 6 N–H and O–H groups in total. The summed E-state index contributed by atoms with van der Waals surface area (Å²) in [5.41, 5.74) is 11.3. The number of hydrogen-bond donors (Lipinski definition) is 4. The number of nitrogens with two attached hydrogens (primary N) is 2. The Kier molecular flexibility index (Phi) is 4.19. The van der Waals surface area contributed by atoms with Gasteiger partial charge in [0.05, 0.1) is 12.6 Å². The molecule has 0 saturated carbocycles. The third-order valence-corrected chi connectivity index (χ3v) is 2.45. The molecule has 17 heavy (non-hydrogen) atoms. The molecule has 1 aromatic carbocycles. The molecule has 0 heterocycles. The normalized spacial score (nSPS) is 14.0. The quantitative estimate of drug-likeness (QED) is 0.518. The Labute approximate surface area is 97.8 Å². The highest BCUT2D eigenvalue weighted by atomic mass is 16.4. The first-order chi connectivity index (χ1) is 7.97. The van der Waals surface area contributed by atoms with Gasteiger partial charge in [0.1, 0.15) is 11.7 Å². The fraction of sp³-hybridized carbons (Fsp3) is 0.273. The first-order valence-electron chi connectivity index (χ1n) is 4.97. The van der Waals surface area contributed by atoms with Crippen LogP contribution < -0.4 is 11.5 Å².